The van der Waals surface area contributed by atoms with Crippen molar-refractivity contribution in [3.8, 4) is 5.75 Å². The van der Waals surface area contributed by atoms with Crippen LogP contribution in [0.25, 0.3) is 10.2 Å². The molecular weight excluding hydrogens is 310 g/mol. The SMILES string of the molecule is COC(=O)CCc1ccc(OCc2nc3ccccc3s2)cc1. The average Bonchev–Trinajstić information content (AvgIpc) is 3.01. The van der Waals surface area contributed by atoms with E-state index in [1.807, 2.05) is 42.5 Å². The first-order chi connectivity index (χ1) is 11.2. The second-order valence-electron chi connectivity index (χ2n) is 5.08. The van der Waals surface area contributed by atoms with Gasteiger partial charge in [0.15, 0.2) is 0 Å². The molecule has 0 saturated carbocycles. The molecule has 3 aromatic rings. The predicted octanol–water partition coefficient (Wildman–Crippen LogP) is 3.98. The highest BCUT2D eigenvalue weighted by atomic mass is 32.1. The third-order valence-corrected chi connectivity index (χ3v) is 4.48. The number of nitrogens with zero attached hydrogens (tertiary/aromatic N) is 1. The van der Waals surface area contributed by atoms with Crippen molar-refractivity contribution in [3.05, 3.63) is 59.1 Å². The molecule has 0 spiro atoms. The molecule has 0 aliphatic carbocycles. The maximum Gasteiger partial charge on any atom is 0.305 e. The summed E-state index contributed by atoms with van der Waals surface area (Å²) in [4.78, 5) is 15.7. The molecule has 0 aliphatic rings. The molecule has 2 aromatic carbocycles. The van der Waals surface area contributed by atoms with Crippen molar-refractivity contribution >= 4 is 27.5 Å². The standard InChI is InChI=1S/C18H17NO3S/c1-21-18(20)11-8-13-6-9-14(10-7-13)22-12-17-19-15-4-2-3-5-16(15)23-17/h2-7,9-10H,8,11-12H2,1H3. The summed E-state index contributed by atoms with van der Waals surface area (Å²) in [6.07, 6.45) is 1.06. The Balaban J connectivity index is 1.56. The van der Waals surface area contributed by atoms with Crippen molar-refractivity contribution in [3.63, 3.8) is 0 Å². The third-order valence-electron chi connectivity index (χ3n) is 3.47. The number of aryl methyl sites for hydroxylation is 1. The molecule has 118 valence electrons. The van der Waals surface area contributed by atoms with Crippen molar-refractivity contribution in [2.24, 2.45) is 0 Å². The van der Waals surface area contributed by atoms with E-state index in [0.717, 1.165) is 21.8 Å². The van der Waals surface area contributed by atoms with Crippen molar-refractivity contribution in [1.29, 1.82) is 0 Å². The number of benzene rings is 2. The summed E-state index contributed by atoms with van der Waals surface area (Å²) in [6, 6.07) is 15.8. The van der Waals surface area contributed by atoms with Crippen LogP contribution in [0.5, 0.6) is 5.75 Å². The fraction of sp³-hybridized carbons (Fsp3) is 0.222. The number of fused-ring (bicyclic) bond motifs is 1. The van der Waals surface area contributed by atoms with Crippen LogP contribution in [0.15, 0.2) is 48.5 Å². The zero-order chi connectivity index (χ0) is 16.1. The number of aromatic nitrogens is 1. The van der Waals surface area contributed by atoms with Gasteiger partial charge in [-0.25, -0.2) is 4.98 Å². The normalized spacial score (nSPS) is 10.7. The Morgan fingerprint density at radius 2 is 1.91 bits per heavy atom. The van der Waals surface area contributed by atoms with Gasteiger partial charge < -0.3 is 9.47 Å². The van der Waals surface area contributed by atoms with E-state index in [1.54, 1.807) is 11.3 Å². The zero-order valence-corrected chi connectivity index (χ0v) is 13.6. The molecule has 1 aromatic heterocycles. The summed E-state index contributed by atoms with van der Waals surface area (Å²) >= 11 is 1.65. The average molecular weight is 327 g/mol. The lowest BCUT2D eigenvalue weighted by molar-refractivity contribution is -0.140. The van der Waals surface area contributed by atoms with Crippen LogP contribution in [0.3, 0.4) is 0 Å². The second-order valence-corrected chi connectivity index (χ2v) is 6.20. The molecule has 0 amide bonds. The number of rotatable bonds is 6. The summed E-state index contributed by atoms with van der Waals surface area (Å²) in [5.41, 5.74) is 2.09. The molecule has 0 bridgehead atoms. The minimum Gasteiger partial charge on any atom is -0.486 e. The molecule has 0 unspecified atom stereocenters. The van der Waals surface area contributed by atoms with Gasteiger partial charge in [0.25, 0.3) is 0 Å². The molecule has 0 saturated heterocycles. The van der Waals surface area contributed by atoms with E-state index < -0.39 is 0 Å². The van der Waals surface area contributed by atoms with Gasteiger partial charge in [-0.1, -0.05) is 24.3 Å². The van der Waals surface area contributed by atoms with Gasteiger partial charge in [-0.3, -0.25) is 4.79 Å². The molecule has 4 nitrogen and oxygen atoms in total. The second kappa shape index (κ2) is 7.24. The van der Waals surface area contributed by atoms with Gasteiger partial charge in [0, 0.05) is 6.42 Å². The smallest absolute Gasteiger partial charge is 0.305 e. The van der Waals surface area contributed by atoms with Crippen molar-refractivity contribution in [2.75, 3.05) is 7.11 Å². The Morgan fingerprint density at radius 3 is 2.65 bits per heavy atom. The first-order valence-corrected chi connectivity index (χ1v) is 8.19. The van der Waals surface area contributed by atoms with Crippen molar-refractivity contribution < 1.29 is 14.3 Å². The monoisotopic (exact) mass is 327 g/mol. The van der Waals surface area contributed by atoms with Crippen LogP contribution in [0.1, 0.15) is 17.0 Å². The molecule has 0 fully saturated rings. The highest BCUT2D eigenvalue weighted by Gasteiger charge is 2.05. The van der Waals surface area contributed by atoms with Crippen LogP contribution in [0.4, 0.5) is 0 Å². The van der Waals surface area contributed by atoms with Gasteiger partial charge in [0.1, 0.15) is 17.4 Å². The number of para-hydroxylation sites is 1. The molecule has 3 rings (SSSR count). The number of methoxy groups -OCH3 is 1. The van der Waals surface area contributed by atoms with E-state index in [1.165, 1.54) is 11.8 Å². The number of esters is 1. The lowest BCUT2D eigenvalue weighted by atomic mass is 10.1. The van der Waals surface area contributed by atoms with Gasteiger partial charge in [-0.2, -0.15) is 0 Å². The molecular formula is C18H17NO3S. The highest BCUT2D eigenvalue weighted by molar-refractivity contribution is 7.18. The molecule has 0 radical (unpaired) electrons. The lowest BCUT2D eigenvalue weighted by Crippen LogP contribution is -2.01. The van der Waals surface area contributed by atoms with Crippen LogP contribution in [0, 0.1) is 0 Å². The van der Waals surface area contributed by atoms with Crippen LogP contribution < -0.4 is 4.74 Å². The number of ether oxygens (including phenoxy) is 2. The van der Waals surface area contributed by atoms with Crippen LogP contribution in [0.2, 0.25) is 0 Å². The molecule has 0 N–H and O–H groups in total. The summed E-state index contributed by atoms with van der Waals surface area (Å²) in [5, 5.41) is 0.959. The number of hydrogen-bond acceptors (Lipinski definition) is 5. The summed E-state index contributed by atoms with van der Waals surface area (Å²) in [6.45, 7) is 0.459. The predicted molar refractivity (Wildman–Crippen MR) is 90.7 cm³/mol. The van der Waals surface area contributed by atoms with E-state index in [-0.39, 0.29) is 5.97 Å². The largest absolute Gasteiger partial charge is 0.486 e. The van der Waals surface area contributed by atoms with Gasteiger partial charge >= 0.3 is 5.97 Å². The number of carbonyl (C=O) groups excluding carboxylic acids is 1. The minimum absolute atomic E-state index is 0.193. The van der Waals surface area contributed by atoms with Gasteiger partial charge in [0.05, 0.1) is 17.3 Å². The Morgan fingerprint density at radius 1 is 1.13 bits per heavy atom. The van der Waals surface area contributed by atoms with Crippen molar-refractivity contribution in [1.82, 2.24) is 4.98 Å². The van der Waals surface area contributed by atoms with E-state index >= 15 is 0 Å². The molecule has 5 heteroatoms. The molecule has 23 heavy (non-hydrogen) atoms. The summed E-state index contributed by atoms with van der Waals surface area (Å²) in [5.74, 6) is 0.604. The maximum absolute atomic E-state index is 11.1. The van der Waals surface area contributed by atoms with Gasteiger partial charge in [0.2, 0.25) is 0 Å². The Labute approximate surface area is 138 Å². The third kappa shape index (κ3) is 4.07. The van der Waals surface area contributed by atoms with E-state index in [9.17, 15) is 4.79 Å². The Bertz CT molecular complexity index is 762. The molecule has 0 aliphatic heterocycles. The van der Waals surface area contributed by atoms with Gasteiger partial charge in [-0.05, 0) is 36.2 Å². The Kier molecular flexibility index (Phi) is 4.88. The van der Waals surface area contributed by atoms with E-state index in [0.29, 0.717) is 19.4 Å². The molecule has 0 atom stereocenters. The molecule has 1 heterocycles. The van der Waals surface area contributed by atoms with Crippen LogP contribution >= 0.6 is 11.3 Å². The van der Waals surface area contributed by atoms with Gasteiger partial charge in [-0.15, -0.1) is 11.3 Å². The lowest BCUT2D eigenvalue weighted by Gasteiger charge is -2.05. The van der Waals surface area contributed by atoms with Crippen LogP contribution in [-0.2, 0) is 22.6 Å². The first kappa shape index (κ1) is 15.5. The number of hydrogen-bond donors (Lipinski definition) is 0. The minimum atomic E-state index is -0.193. The number of carbonyl (C=O) groups is 1. The topological polar surface area (TPSA) is 48.4 Å². The zero-order valence-electron chi connectivity index (χ0n) is 12.8. The quantitative estimate of drug-likeness (QED) is 0.643. The summed E-state index contributed by atoms with van der Waals surface area (Å²) in [7, 11) is 1.40. The highest BCUT2D eigenvalue weighted by Crippen LogP contribution is 2.23. The fourth-order valence-corrected chi connectivity index (χ4v) is 3.11. The summed E-state index contributed by atoms with van der Waals surface area (Å²) < 4.78 is 11.6. The Hall–Kier alpha value is -2.40. The van der Waals surface area contributed by atoms with E-state index in [4.69, 9.17) is 4.74 Å². The van der Waals surface area contributed by atoms with Crippen LogP contribution in [-0.4, -0.2) is 18.1 Å². The fourth-order valence-electron chi connectivity index (χ4n) is 2.23. The maximum atomic E-state index is 11.1. The van der Waals surface area contributed by atoms with Crippen molar-refractivity contribution in [2.45, 2.75) is 19.4 Å². The van der Waals surface area contributed by atoms with E-state index in [2.05, 4.69) is 15.8 Å². The number of thiazole rings is 1. The first-order valence-electron chi connectivity index (χ1n) is 7.37.